The molecule has 1 N–H and O–H groups in total. The number of nitrogens with one attached hydrogen (secondary N) is 1. The van der Waals surface area contributed by atoms with Crippen LogP contribution in [0.4, 0.5) is 5.69 Å². The first kappa shape index (κ1) is 13.2. The Morgan fingerprint density at radius 1 is 1.39 bits per heavy atom. The summed E-state index contributed by atoms with van der Waals surface area (Å²) in [6, 6.07) is 7.00. The van der Waals surface area contributed by atoms with Gasteiger partial charge in [0.15, 0.2) is 0 Å². The molecule has 0 saturated heterocycles. The predicted molar refractivity (Wildman–Crippen MR) is 76.7 cm³/mol. The first-order valence-corrected chi connectivity index (χ1v) is 6.86. The van der Waals surface area contributed by atoms with Crippen LogP contribution >= 0.6 is 0 Å². The SMILES string of the molecule is COc1ccc2c(c1)CCN2CCCNC(C)C. The molecule has 1 aromatic carbocycles. The van der Waals surface area contributed by atoms with Crippen LogP contribution in [0.2, 0.25) is 0 Å². The summed E-state index contributed by atoms with van der Waals surface area (Å²) in [6.45, 7) is 7.76. The van der Waals surface area contributed by atoms with E-state index in [2.05, 4.69) is 42.3 Å². The van der Waals surface area contributed by atoms with E-state index in [4.69, 9.17) is 4.74 Å². The van der Waals surface area contributed by atoms with Gasteiger partial charge in [-0.1, -0.05) is 13.8 Å². The molecule has 0 atom stereocenters. The summed E-state index contributed by atoms with van der Waals surface area (Å²) >= 11 is 0. The van der Waals surface area contributed by atoms with Crippen molar-refractivity contribution in [2.24, 2.45) is 0 Å². The van der Waals surface area contributed by atoms with E-state index in [1.165, 1.54) is 17.7 Å². The molecule has 0 aromatic heterocycles. The Hall–Kier alpha value is -1.22. The first-order valence-electron chi connectivity index (χ1n) is 6.86. The topological polar surface area (TPSA) is 24.5 Å². The zero-order valence-electron chi connectivity index (χ0n) is 11.7. The third kappa shape index (κ3) is 3.16. The minimum atomic E-state index is 0.583. The van der Waals surface area contributed by atoms with Crippen molar-refractivity contribution in [2.75, 3.05) is 31.6 Å². The number of methoxy groups -OCH3 is 1. The Labute approximate surface area is 110 Å². The van der Waals surface area contributed by atoms with Crippen LogP contribution in [-0.4, -0.2) is 32.8 Å². The van der Waals surface area contributed by atoms with E-state index in [0.717, 1.165) is 31.8 Å². The zero-order valence-corrected chi connectivity index (χ0v) is 11.7. The van der Waals surface area contributed by atoms with Gasteiger partial charge in [-0.25, -0.2) is 0 Å². The van der Waals surface area contributed by atoms with Crippen LogP contribution in [-0.2, 0) is 6.42 Å². The second-order valence-corrected chi connectivity index (χ2v) is 5.19. The molecule has 0 aliphatic carbocycles. The maximum atomic E-state index is 5.27. The molecule has 1 aromatic rings. The lowest BCUT2D eigenvalue weighted by molar-refractivity contribution is 0.414. The Bertz CT molecular complexity index is 390. The van der Waals surface area contributed by atoms with Crippen molar-refractivity contribution in [3.63, 3.8) is 0 Å². The molecule has 1 heterocycles. The summed E-state index contributed by atoms with van der Waals surface area (Å²) in [5.41, 5.74) is 2.81. The van der Waals surface area contributed by atoms with Gasteiger partial charge in [-0.05, 0) is 43.1 Å². The van der Waals surface area contributed by atoms with Gasteiger partial charge in [-0.3, -0.25) is 0 Å². The molecular weight excluding hydrogens is 224 g/mol. The molecule has 0 spiro atoms. The van der Waals surface area contributed by atoms with Crippen LogP contribution in [0.3, 0.4) is 0 Å². The second-order valence-electron chi connectivity index (χ2n) is 5.19. The minimum Gasteiger partial charge on any atom is -0.497 e. The molecular formula is C15H24N2O. The highest BCUT2D eigenvalue weighted by molar-refractivity contribution is 5.60. The van der Waals surface area contributed by atoms with Gasteiger partial charge in [0.05, 0.1) is 7.11 Å². The van der Waals surface area contributed by atoms with Crippen molar-refractivity contribution < 1.29 is 4.74 Å². The van der Waals surface area contributed by atoms with Crippen molar-refractivity contribution in [3.05, 3.63) is 23.8 Å². The number of ether oxygens (including phenoxy) is 1. The molecule has 100 valence electrons. The van der Waals surface area contributed by atoms with Gasteiger partial charge in [-0.2, -0.15) is 0 Å². The molecule has 1 aliphatic heterocycles. The van der Waals surface area contributed by atoms with E-state index in [1.54, 1.807) is 7.11 Å². The van der Waals surface area contributed by atoms with Gasteiger partial charge in [-0.15, -0.1) is 0 Å². The quantitative estimate of drug-likeness (QED) is 0.783. The molecule has 1 aliphatic rings. The molecule has 0 fully saturated rings. The molecule has 3 heteroatoms. The van der Waals surface area contributed by atoms with Crippen LogP contribution in [0.15, 0.2) is 18.2 Å². The molecule has 0 saturated carbocycles. The predicted octanol–water partition coefficient (Wildman–Crippen LogP) is 2.45. The molecule has 3 nitrogen and oxygen atoms in total. The Balaban J connectivity index is 1.87. The first-order chi connectivity index (χ1) is 8.70. The number of benzene rings is 1. The number of nitrogens with zero attached hydrogens (tertiary/aromatic N) is 1. The maximum Gasteiger partial charge on any atom is 0.119 e. The van der Waals surface area contributed by atoms with Crippen molar-refractivity contribution >= 4 is 5.69 Å². The highest BCUT2D eigenvalue weighted by Gasteiger charge is 2.18. The Morgan fingerprint density at radius 2 is 2.22 bits per heavy atom. The normalized spacial score (nSPS) is 14.1. The van der Waals surface area contributed by atoms with Gasteiger partial charge < -0.3 is 15.0 Å². The third-order valence-corrected chi connectivity index (χ3v) is 3.44. The van der Waals surface area contributed by atoms with Crippen LogP contribution in [0.1, 0.15) is 25.8 Å². The van der Waals surface area contributed by atoms with Gasteiger partial charge >= 0.3 is 0 Å². The van der Waals surface area contributed by atoms with E-state index in [-0.39, 0.29) is 0 Å². The summed E-state index contributed by atoms with van der Waals surface area (Å²) in [4.78, 5) is 2.48. The number of anilines is 1. The standard InChI is InChI=1S/C15H24N2O/c1-12(2)16-8-4-9-17-10-7-13-11-14(18-3)5-6-15(13)17/h5-6,11-12,16H,4,7-10H2,1-3H3. The van der Waals surface area contributed by atoms with Crippen LogP contribution in [0.5, 0.6) is 5.75 Å². The van der Waals surface area contributed by atoms with E-state index in [0.29, 0.717) is 6.04 Å². The molecule has 18 heavy (non-hydrogen) atoms. The maximum absolute atomic E-state index is 5.27. The molecule has 0 bridgehead atoms. The summed E-state index contributed by atoms with van der Waals surface area (Å²) in [7, 11) is 1.73. The van der Waals surface area contributed by atoms with E-state index in [9.17, 15) is 0 Å². The van der Waals surface area contributed by atoms with Crippen molar-refractivity contribution in [1.82, 2.24) is 5.32 Å². The molecule has 0 radical (unpaired) electrons. The van der Waals surface area contributed by atoms with E-state index < -0.39 is 0 Å². The summed E-state index contributed by atoms with van der Waals surface area (Å²) in [5, 5.41) is 3.46. The smallest absolute Gasteiger partial charge is 0.119 e. The van der Waals surface area contributed by atoms with Crippen LogP contribution in [0, 0.1) is 0 Å². The monoisotopic (exact) mass is 248 g/mol. The van der Waals surface area contributed by atoms with E-state index >= 15 is 0 Å². The fourth-order valence-corrected chi connectivity index (χ4v) is 2.47. The minimum absolute atomic E-state index is 0.583. The molecule has 2 rings (SSSR count). The summed E-state index contributed by atoms with van der Waals surface area (Å²) < 4.78 is 5.27. The van der Waals surface area contributed by atoms with Crippen molar-refractivity contribution in [3.8, 4) is 5.75 Å². The van der Waals surface area contributed by atoms with E-state index in [1.807, 2.05) is 0 Å². The molecule has 0 unspecified atom stereocenters. The highest BCUT2D eigenvalue weighted by Crippen LogP contribution is 2.31. The van der Waals surface area contributed by atoms with Crippen LogP contribution < -0.4 is 15.0 Å². The van der Waals surface area contributed by atoms with Gasteiger partial charge in [0, 0.05) is 24.8 Å². The van der Waals surface area contributed by atoms with Crippen molar-refractivity contribution in [1.29, 1.82) is 0 Å². The fourth-order valence-electron chi connectivity index (χ4n) is 2.47. The third-order valence-electron chi connectivity index (χ3n) is 3.44. The number of hydrogen-bond acceptors (Lipinski definition) is 3. The van der Waals surface area contributed by atoms with Gasteiger partial charge in [0.25, 0.3) is 0 Å². The summed E-state index contributed by atoms with van der Waals surface area (Å²) in [6.07, 6.45) is 2.34. The Kier molecular flexibility index (Phi) is 4.48. The Morgan fingerprint density at radius 3 is 2.94 bits per heavy atom. The van der Waals surface area contributed by atoms with Gasteiger partial charge in [0.2, 0.25) is 0 Å². The fraction of sp³-hybridized carbons (Fsp3) is 0.600. The van der Waals surface area contributed by atoms with Crippen molar-refractivity contribution in [2.45, 2.75) is 32.7 Å². The molecule has 0 amide bonds. The number of hydrogen-bond donors (Lipinski definition) is 1. The lowest BCUT2D eigenvalue weighted by Gasteiger charge is -2.20. The zero-order chi connectivity index (χ0) is 13.0. The largest absolute Gasteiger partial charge is 0.497 e. The average Bonchev–Trinajstić information content (AvgIpc) is 2.76. The van der Waals surface area contributed by atoms with Crippen LogP contribution in [0.25, 0.3) is 0 Å². The number of rotatable bonds is 6. The lowest BCUT2D eigenvalue weighted by atomic mass is 10.1. The van der Waals surface area contributed by atoms with Gasteiger partial charge in [0.1, 0.15) is 5.75 Å². The second kappa shape index (κ2) is 6.10. The number of fused-ring (bicyclic) bond motifs is 1. The average molecular weight is 248 g/mol. The highest BCUT2D eigenvalue weighted by atomic mass is 16.5. The lowest BCUT2D eigenvalue weighted by Crippen LogP contribution is -2.28. The summed E-state index contributed by atoms with van der Waals surface area (Å²) in [5.74, 6) is 0.970.